The van der Waals surface area contributed by atoms with Crippen molar-refractivity contribution in [2.24, 2.45) is 0 Å². The zero-order valence-corrected chi connectivity index (χ0v) is 11.4. The summed E-state index contributed by atoms with van der Waals surface area (Å²) in [6.45, 7) is 0.319. The molecule has 7 heteroatoms. The smallest absolute Gasteiger partial charge is 0.340 e. The average Bonchev–Trinajstić information content (AvgIpc) is 2.28. The molecule has 1 amide bonds. The quantitative estimate of drug-likeness (QED) is 0.925. The summed E-state index contributed by atoms with van der Waals surface area (Å²) in [6.07, 6.45) is -4.36. The second-order valence-electron chi connectivity index (χ2n) is 3.98. The first-order chi connectivity index (χ1) is 8.34. The molecular weight excluding hydrogens is 281 g/mol. The summed E-state index contributed by atoms with van der Waals surface area (Å²) < 4.78 is 37.5. The van der Waals surface area contributed by atoms with Crippen molar-refractivity contribution in [3.63, 3.8) is 0 Å². The number of hydrogen-bond acceptors (Lipinski definition) is 2. The zero-order valence-electron chi connectivity index (χ0n) is 10.6. The van der Waals surface area contributed by atoms with Gasteiger partial charge in [-0.15, -0.1) is 12.4 Å². The molecule has 0 bridgehead atoms. The lowest BCUT2D eigenvalue weighted by Crippen LogP contribution is -2.33. The number of likely N-dealkylation sites (N-methyl/N-ethyl adjacent to an activating group) is 2. The fourth-order valence-corrected chi connectivity index (χ4v) is 1.49. The van der Waals surface area contributed by atoms with Gasteiger partial charge in [0.25, 0.3) is 0 Å². The highest BCUT2D eigenvalue weighted by Gasteiger charge is 2.30. The van der Waals surface area contributed by atoms with Crippen LogP contribution in [0.5, 0.6) is 0 Å². The molecule has 0 atom stereocenters. The Bertz CT molecular complexity index is 424. The van der Waals surface area contributed by atoms with E-state index in [2.05, 4.69) is 5.32 Å². The SMILES string of the molecule is CNCC(=O)N(C)Cc1cccc(C(F)(F)F)c1.Cl. The van der Waals surface area contributed by atoms with Crippen LogP contribution in [0.15, 0.2) is 24.3 Å². The molecule has 0 unspecified atom stereocenters. The number of nitrogens with zero attached hydrogens (tertiary/aromatic N) is 1. The van der Waals surface area contributed by atoms with Gasteiger partial charge in [-0.1, -0.05) is 12.1 Å². The summed E-state index contributed by atoms with van der Waals surface area (Å²) in [5.41, 5.74) is -0.244. The third-order valence-electron chi connectivity index (χ3n) is 2.43. The lowest BCUT2D eigenvalue weighted by Gasteiger charge is -2.17. The normalized spacial score (nSPS) is 10.8. The Hall–Kier alpha value is -1.27. The van der Waals surface area contributed by atoms with Crippen molar-refractivity contribution in [1.82, 2.24) is 10.2 Å². The molecule has 0 saturated heterocycles. The lowest BCUT2D eigenvalue weighted by atomic mass is 10.1. The molecule has 1 rings (SSSR count). The van der Waals surface area contributed by atoms with Gasteiger partial charge < -0.3 is 10.2 Å². The molecule has 0 aliphatic heterocycles. The summed E-state index contributed by atoms with van der Waals surface area (Å²) in [5, 5.41) is 2.70. The van der Waals surface area contributed by atoms with E-state index in [1.54, 1.807) is 20.2 Å². The van der Waals surface area contributed by atoms with Crippen molar-refractivity contribution < 1.29 is 18.0 Å². The van der Waals surface area contributed by atoms with Gasteiger partial charge in [-0.25, -0.2) is 0 Å². The average molecular weight is 297 g/mol. The molecule has 19 heavy (non-hydrogen) atoms. The van der Waals surface area contributed by atoms with Gasteiger partial charge in [0.2, 0.25) is 5.91 Å². The molecule has 0 radical (unpaired) electrons. The molecule has 1 N–H and O–H groups in total. The standard InChI is InChI=1S/C12H15F3N2O.ClH/c1-16-7-11(18)17(2)8-9-4-3-5-10(6-9)12(13,14)15;/h3-6,16H,7-8H2,1-2H3;1H. The summed E-state index contributed by atoms with van der Waals surface area (Å²) in [4.78, 5) is 12.9. The lowest BCUT2D eigenvalue weighted by molar-refractivity contribution is -0.137. The van der Waals surface area contributed by atoms with E-state index in [1.165, 1.54) is 11.0 Å². The number of halogens is 4. The third kappa shape index (κ3) is 5.48. The highest BCUT2D eigenvalue weighted by atomic mass is 35.5. The van der Waals surface area contributed by atoms with E-state index in [4.69, 9.17) is 0 Å². The van der Waals surface area contributed by atoms with Gasteiger partial charge in [0, 0.05) is 13.6 Å². The van der Waals surface area contributed by atoms with Crippen molar-refractivity contribution in [3.8, 4) is 0 Å². The summed E-state index contributed by atoms with van der Waals surface area (Å²) >= 11 is 0. The highest BCUT2D eigenvalue weighted by molar-refractivity contribution is 5.85. The van der Waals surface area contributed by atoms with E-state index in [0.717, 1.165) is 12.1 Å². The summed E-state index contributed by atoms with van der Waals surface area (Å²) in [6, 6.07) is 4.98. The number of alkyl halides is 3. The molecule has 3 nitrogen and oxygen atoms in total. The minimum Gasteiger partial charge on any atom is -0.340 e. The van der Waals surface area contributed by atoms with E-state index in [0.29, 0.717) is 5.56 Å². The Labute approximate surface area is 116 Å². The maximum absolute atomic E-state index is 12.5. The van der Waals surface area contributed by atoms with Gasteiger partial charge in [-0.2, -0.15) is 13.2 Å². The second-order valence-corrected chi connectivity index (χ2v) is 3.98. The fourth-order valence-electron chi connectivity index (χ4n) is 1.49. The van der Waals surface area contributed by atoms with Gasteiger partial charge in [0.05, 0.1) is 12.1 Å². The molecule has 0 heterocycles. The van der Waals surface area contributed by atoms with Crippen LogP contribution in [0.1, 0.15) is 11.1 Å². The van der Waals surface area contributed by atoms with E-state index in [-0.39, 0.29) is 31.4 Å². The van der Waals surface area contributed by atoms with Gasteiger partial charge in [-0.05, 0) is 24.7 Å². The molecule has 1 aromatic rings. The molecular formula is C12H16ClF3N2O. The minimum atomic E-state index is -4.36. The monoisotopic (exact) mass is 296 g/mol. The van der Waals surface area contributed by atoms with Crippen molar-refractivity contribution >= 4 is 18.3 Å². The largest absolute Gasteiger partial charge is 0.416 e. The first-order valence-corrected chi connectivity index (χ1v) is 5.39. The van der Waals surface area contributed by atoms with Crippen LogP contribution < -0.4 is 5.32 Å². The summed E-state index contributed by atoms with van der Waals surface area (Å²) in [7, 11) is 3.19. The zero-order chi connectivity index (χ0) is 13.8. The van der Waals surface area contributed by atoms with Crippen molar-refractivity contribution in [3.05, 3.63) is 35.4 Å². The molecule has 0 saturated carbocycles. The number of carbonyl (C=O) groups excluding carboxylic acids is 1. The molecule has 0 aliphatic rings. The second kappa shape index (κ2) is 7.35. The third-order valence-corrected chi connectivity index (χ3v) is 2.43. The van der Waals surface area contributed by atoms with Crippen LogP contribution in [-0.4, -0.2) is 31.4 Å². The van der Waals surface area contributed by atoms with Crippen LogP contribution in [0.25, 0.3) is 0 Å². The van der Waals surface area contributed by atoms with Crippen LogP contribution in [-0.2, 0) is 17.5 Å². The number of amides is 1. The maximum Gasteiger partial charge on any atom is 0.416 e. The predicted molar refractivity (Wildman–Crippen MR) is 69.1 cm³/mol. The Morgan fingerprint density at radius 2 is 2.00 bits per heavy atom. The van der Waals surface area contributed by atoms with Crippen LogP contribution in [0, 0.1) is 0 Å². The van der Waals surface area contributed by atoms with E-state index < -0.39 is 11.7 Å². The van der Waals surface area contributed by atoms with Gasteiger partial charge in [-0.3, -0.25) is 4.79 Å². The van der Waals surface area contributed by atoms with Crippen molar-refractivity contribution in [2.75, 3.05) is 20.6 Å². The first-order valence-electron chi connectivity index (χ1n) is 5.39. The van der Waals surface area contributed by atoms with Gasteiger partial charge in [0.1, 0.15) is 0 Å². The first kappa shape index (κ1) is 17.7. The molecule has 0 aliphatic carbocycles. The van der Waals surface area contributed by atoms with Gasteiger partial charge in [0.15, 0.2) is 0 Å². The Morgan fingerprint density at radius 1 is 1.37 bits per heavy atom. The fraction of sp³-hybridized carbons (Fsp3) is 0.417. The topological polar surface area (TPSA) is 32.3 Å². The number of carbonyl (C=O) groups is 1. The van der Waals surface area contributed by atoms with Crippen molar-refractivity contribution in [2.45, 2.75) is 12.7 Å². The molecule has 0 spiro atoms. The Morgan fingerprint density at radius 3 is 2.53 bits per heavy atom. The van der Waals surface area contributed by atoms with Crippen molar-refractivity contribution in [1.29, 1.82) is 0 Å². The molecule has 0 aromatic heterocycles. The number of hydrogen-bond donors (Lipinski definition) is 1. The number of nitrogens with one attached hydrogen (secondary N) is 1. The maximum atomic E-state index is 12.5. The molecule has 1 aromatic carbocycles. The number of benzene rings is 1. The van der Waals surface area contributed by atoms with E-state index >= 15 is 0 Å². The van der Waals surface area contributed by atoms with Crippen LogP contribution in [0.3, 0.4) is 0 Å². The highest BCUT2D eigenvalue weighted by Crippen LogP contribution is 2.29. The predicted octanol–water partition coefficient (Wildman–Crippen LogP) is 2.31. The van der Waals surface area contributed by atoms with Crippen LogP contribution in [0.2, 0.25) is 0 Å². The van der Waals surface area contributed by atoms with E-state index in [1.807, 2.05) is 0 Å². The molecule has 108 valence electrons. The minimum absolute atomic E-state index is 0. The number of rotatable bonds is 4. The van der Waals surface area contributed by atoms with E-state index in [9.17, 15) is 18.0 Å². The van der Waals surface area contributed by atoms with Crippen LogP contribution >= 0.6 is 12.4 Å². The molecule has 0 fully saturated rings. The van der Waals surface area contributed by atoms with Gasteiger partial charge >= 0.3 is 6.18 Å². The Kier molecular flexibility index (Phi) is 6.86. The summed E-state index contributed by atoms with van der Waals surface area (Å²) in [5.74, 6) is -0.171. The Balaban J connectivity index is 0.00000324. The van der Waals surface area contributed by atoms with Crippen LogP contribution in [0.4, 0.5) is 13.2 Å².